The molecule has 0 aliphatic heterocycles. The van der Waals surface area contributed by atoms with Gasteiger partial charge in [-0.05, 0) is 49.6 Å². The van der Waals surface area contributed by atoms with Gasteiger partial charge in [-0.1, -0.05) is 23.8 Å². The highest BCUT2D eigenvalue weighted by Crippen LogP contribution is 2.12. The fourth-order valence-electron chi connectivity index (χ4n) is 1.52. The van der Waals surface area contributed by atoms with Crippen LogP contribution >= 0.6 is 23.4 Å². The first-order valence-corrected chi connectivity index (χ1v) is 7.52. The maximum atomic E-state index is 12.0. The van der Waals surface area contributed by atoms with E-state index >= 15 is 0 Å². The number of carbonyl (C=O) groups excluding carboxylic acids is 1. The fourth-order valence-corrected chi connectivity index (χ4v) is 2.12. The Morgan fingerprint density at radius 1 is 1.44 bits per heavy atom. The van der Waals surface area contributed by atoms with Crippen LogP contribution in [0.2, 0.25) is 5.02 Å². The Morgan fingerprint density at radius 2 is 2.06 bits per heavy atom. The van der Waals surface area contributed by atoms with Gasteiger partial charge in [-0.25, -0.2) is 0 Å². The second-order valence-corrected chi connectivity index (χ2v) is 5.58. The van der Waals surface area contributed by atoms with Crippen LogP contribution in [0.25, 0.3) is 0 Å². The van der Waals surface area contributed by atoms with Crippen molar-refractivity contribution >= 4 is 29.3 Å². The lowest BCUT2D eigenvalue weighted by Gasteiger charge is -2.18. The molecular formula is C14H18ClNOS. The van der Waals surface area contributed by atoms with Crippen molar-refractivity contribution in [3.8, 4) is 0 Å². The van der Waals surface area contributed by atoms with Crippen LogP contribution in [0.3, 0.4) is 0 Å². The molecule has 0 saturated heterocycles. The third kappa shape index (κ3) is 4.75. The average Bonchev–Trinajstić information content (AvgIpc) is 2.34. The van der Waals surface area contributed by atoms with Crippen LogP contribution in [0, 0.1) is 0 Å². The Kier molecular flexibility index (Phi) is 6.30. The van der Waals surface area contributed by atoms with Gasteiger partial charge in [-0.3, -0.25) is 4.79 Å². The van der Waals surface area contributed by atoms with E-state index < -0.39 is 0 Å². The molecule has 1 unspecified atom stereocenters. The fraction of sp³-hybridized carbons (Fsp3) is 0.357. The normalized spacial score (nSPS) is 11.9. The molecule has 1 atom stereocenters. The quantitative estimate of drug-likeness (QED) is 0.805. The second kappa shape index (κ2) is 7.49. The molecule has 0 radical (unpaired) electrons. The van der Waals surface area contributed by atoms with Gasteiger partial charge in [0.15, 0.2) is 0 Å². The van der Waals surface area contributed by atoms with Gasteiger partial charge in [0, 0.05) is 10.6 Å². The van der Waals surface area contributed by atoms with E-state index in [2.05, 4.69) is 18.2 Å². The van der Waals surface area contributed by atoms with Crippen LogP contribution in [-0.2, 0) is 0 Å². The van der Waals surface area contributed by atoms with Crippen LogP contribution in [0.15, 0.2) is 36.4 Å². The molecule has 0 bridgehead atoms. The Hall–Kier alpha value is -0.930. The van der Waals surface area contributed by atoms with Gasteiger partial charge < -0.3 is 5.32 Å². The van der Waals surface area contributed by atoms with E-state index in [4.69, 9.17) is 11.6 Å². The highest BCUT2D eigenvalue weighted by atomic mass is 35.5. The van der Waals surface area contributed by atoms with E-state index in [9.17, 15) is 4.79 Å². The molecule has 1 aromatic carbocycles. The van der Waals surface area contributed by atoms with E-state index in [1.165, 1.54) is 0 Å². The molecule has 0 spiro atoms. The average molecular weight is 284 g/mol. The van der Waals surface area contributed by atoms with Crippen LogP contribution in [0.4, 0.5) is 0 Å². The molecule has 0 aromatic heterocycles. The molecule has 0 saturated carbocycles. The Morgan fingerprint density at radius 3 is 2.56 bits per heavy atom. The molecule has 1 N–H and O–H groups in total. The summed E-state index contributed by atoms with van der Waals surface area (Å²) in [7, 11) is 0. The highest BCUT2D eigenvalue weighted by Gasteiger charge is 2.13. The van der Waals surface area contributed by atoms with Crippen LogP contribution in [0.5, 0.6) is 0 Å². The topological polar surface area (TPSA) is 29.1 Å². The number of hydrogen-bond donors (Lipinski definition) is 1. The summed E-state index contributed by atoms with van der Waals surface area (Å²) in [5.41, 5.74) is 1.60. The van der Waals surface area contributed by atoms with Crippen molar-refractivity contribution in [2.75, 3.05) is 12.0 Å². The molecule has 1 rings (SSSR count). The zero-order valence-electron chi connectivity index (χ0n) is 10.7. The van der Waals surface area contributed by atoms with Gasteiger partial charge in [-0.2, -0.15) is 11.8 Å². The molecular weight excluding hydrogens is 266 g/mol. The molecule has 98 valence electrons. The zero-order chi connectivity index (χ0) is 13.5. The minimum absolute atomic E-state index is 0.0284. The summed E-state index contributed by atoms with van der Waals surface area (Å²) >= 11 is 7.55. The maximum absolute atomic E-state index is 12.0. The molecule has 0 heterocycles. The smallest absolute Gasteiger partial charge is 0.251 e. The predicted molar refractivity (Wildman–Crippen MR) is 80.5 cm³/mol. The van der Waals surface area contributed by atoms with E-state index in [1.54, 1.807) is 36.0 Å². The lowest BCUT2D eigenvalue weighted by molar-refractivity contribution is 0.0942. The molecule has 1 amide bonds. The molecule has 18 heavy (non-hydrogen) atoms. The van der Waals surface area contributed by atoms with Crippen LogP contribution < -0.4 is 5.32 Å². The lowest BCUT2D eigenvalue weighted by Crippen LogP contribution is -2.35. The highest BCUT2D eigenvalue weighted by molar-refractivity contribution is 7.98. The third-order valence-electron chi connectivity index (χ3n) is 2.62. The molecule has 1 aromatic rings. The van der Waals surface area contributed by atoms with Gasteiger partial charge in [0.2, 0.25) is 0 Å². The third-order valence-corrected chi connectivity index (χ3v) is 3.51. The predicted octanol–water partition coefficient (Wildman–Crippen LogP) is 3.77. The Labute approximate surface area is 118 Å². The molecule has 2 nitrogen and oxygen atoms in total. The molecule has 0 fully saturated rings. The molecule has 0 aliphatic carbocycles. The number of nitrogens with one attached hydrogen (secondary N) is 1. The van der Waals surface area contributed by atoms with Crippen molar-refractivity contribution in [2.45, 2.75) is 19.4 Å². The van der Waals surface area contributed by atoms with Crippen molar-refractivity contribution < 1.29 is 4.79 Å². The van der Waals surface area contributed by atoms with Crippen molar-refractivity contribution in [2.24, 2.45) is 0 Å². The Balaban J connectivity index is 2.66. The van der Waals surface area contributed by atoms with Gasteiger partial charge in [0.25, 0.3) is 5.91 Å². The van der Waals surface area contributed by atoms with Crippen molar-refractivity contribution in [1.82, 2.24) is 5.32 Å². The monoisotopic (exact) mass is 283 g/mol. The van der Waals surface area contributed by atoms with Crippen molar-refractivity contribution in [1.29, 1.82) is 0 Å². The van der Waals surface area contributed by atoms with E-state index in [0.29, 0.717) is 10.6 Å². The second-order valence-electron chi connectivity index (χ2n) is 4.16. The van der Waals surface area contributed by atoms with Crippen molar-refractivity contribution in [3.05, 3.63) is 47.0 Å². The number of hydrogen-bond acceptors (Lipinski definition) is 2. The lowest BCUT2D eigenvalue weighted by atomic mass is 10.1. The summed E-state index contributed by atoms with van der Waals surface area (Å²) in [6.45, 7) is 5.86. The van der Waals surface area contributed by atoms with E-state index in [-0.39, 0.29) is 11.9 Å². The number of thioether (sulfide) groups is 1. The summed E-state index contributed by atoms with van der Waals surface area (Å²) in [5, 5.41) is 3.62. The zero-order valence-corrected chi connectivity index (χ0v) is 12.3. The summed E-state index contributed by atoms with van der Waals surface area (Å²) in [5.74, 6) is 0.916. The van der Waals surface area contributed by atoms with Gasteiger partial charge in [0.05, 0.1) is 6.04 Å². The van der Waals surface area contributed by atoms with Gasteiger partial charge >= 0.3 is 0 Å². The summed E-state index contributed by atoms with van der Waals surface area (Å²) in [4.78, 5) is 12.0. The standard InChI is InChI=1S/C14H18ClNOS/c1-10(2)13(8-9-18-3)16-14(17)11-4-6-12(15)7-5-11/h4-7,13H,1,8-9H2,2-3H3,(H,16,17). The van der Waals surface area contributed by atoms with Crippen LogP contribution in [-0.4, -0.2) is 24.0 Å². The van der Waals surface area contributed by atoms with Gasteiger partial charge in [0.1, 0.15) is 0 Å². The van der Waals surface area contributed by atoms with Gasteiger partial charge in [-0.15, -0.1) is 0 Å². The number of halogens is 1. The largest absolute Gasteiger partial charge is 0.346 e. The number of carbonyl (C=O) groups is 1. The van der Waals surface area contributed by atoms with Crippen LogP contribution in [0.1, 0.15) is 23.7 Å². The summed E-state index contributed by atoms with van der Waals surface area (Å²) in [6, 6.07) is 6.91. The summed E-state index contributed by atoms with van der Waals surface area (Å²) in [6.07, 6.45) is 2.95. The van der Waals surface area contributed by atoms with E-state index in [1.807, 2.05) is 6.92 Å². The Bertz CT molecular complexity index is 416. The number of amides is 1. The first-order valence-electron chi connectivity index (χ1n) is 5.75. The maximum Gasteiger partial charge on any atom is 0.251 e. The van der Waals surface area contributed by atoms with Crippen molar-refractivity contribution in [3.63, 3.8) is 0 Å². The SMILES string of the molecule is C=C(C)C(CCSC)NC(=O)c1ccc(Cl)cc1. The number of rotatable bonds is 6. The first kappa shape index (κ1) is 15.1. The van der Waals surface area contributed by atoms with E-state index in [0.717, 1.165) is 17.7 Å². The molecule has 4 heteroatoms. The minimum Gasteiger partial charge on any atom is -0.346 e. The summed E-state index contributed by atoms with van der Waals surface area (Å²) < 4.78 is 0. The minimum atomic E-state index is -0.0826. The number of benzene rings is 1. The molecule has 0 aliphatic rings. The first-order chi connectivity index (χ1) is 8.54.